The lowest BCUT2D eigenvalue weighted by atomic mass is 10.1. The monoisotopic (exact) mass is 328 g/mol. The molecule has 0 amide bonds. The largest absolute Gasteiger partial charge is 0.462 e. The summed E-state index contributed by atoms with van der Waals surface area (Å²) in [6.45, 7) is 1.77. The third kappa shape index (κ3) is 3.99. The smallest absolute Gasteiger partial charge is 0.340 e. The van der Waals surface area contributed by atoms with Gasteiger partial charge in [-0.2, -0.15) is 0 Å². The highest BCUT2D eigenvalue weighted by atomic mass is 16.6. The molecule has 1 aromatic heterocycles. The number of ether oxygens (including phenoxy) is 1. The molecule has 0 aliphatic carbocycles. The summed E-state index contributed by atoms with van der Waals surface area (Å²) in [5.74, 6) is -0.0392. The average molecular weight is 328 g/mol. The van der Waals surface area contributed by atoms with Gasteiger partial charge in [0, 0.05) is 22.6 Å². The zero-order valence-corrected chi connectivity index (χ0v) is 12.6. The van der Waals surface area contributed by atoms with E-state index < -0.39 is 10.9 Å². The van der Waals surface area contributed by atoms with E-state index in [0.717, 1.165) is 0 Å². The minimum Gasteiger partial charge on any atom is -0.462 e. The van der Waals surface area contributed by atoms with E-state index in [4.69, 9.17) is 14.7 Å². The van der Waals surface area contributed by atoms with Gasteiger partial charge < -0.3 is 9.15 Å². The van der Waals surface area contributed by atoms with E-state index in [0.29, 0.717) is 11.3 Å². The predicted octanol–water partition coefficient (Wildman–Crippen LogP) is 4.07. The Labute approximate surface area is 135 Å². The van der Waals surface area contributed by atoms with Crippen molar-refractivity contribution in [2.75, 3.05) is 6.61 Å². The van der Waals surface area contributed by atoms with Gasteiger partial charge in [0.1, 0.15) is 17.2 Å². The first-order valence-corrected chi connectivity index (χ1v) is 6.83. The maximum atomic E-state index is 11.7. The zero-order valence-electron chi connectivity index (χ0n) is 12.6. The Balaban J connectivity index is 2.28. The fraction of sp³-hybridized carbons (Fsp3) is 0.133. The molecule has 0 N–H and O–H groups in total. The molecule has 0 saturated carbocycles. The van der Waals surface area contributed by atoms with Crippen LogP contribution in [0, 0.1) is 10.1 Å². The SMILES string of the molecule is CCOC(=O)C(=Cc1ccc(-c2ccc([N+](=O)[O-])cc2)o1)N=[N+]=[N-]. The zero-order chi connectivity index (χ0) is 17.5. The van der Waals surface area contributed by atoms with Crippen LogP contribution in [0.3, 0.4) is 0 Å². The van der Waals surface area contributed by atoms with Crippen LogP contribution < -0.4 is 0 Å². The quantitative estimate of drug-likeness (QED) is 0.150. The van der Waals surface area contributed by atoms with Crippen LogP contribution in [0.5, 0.6) is 0 Å². The molecular weight excluding hydrogens is 316 g/mol. The normalized spacial score (nSPS) is 10.8. The van der Waals surface area contributed by atoms with Crippen LogP contribution in [-0.2, 0) is 9.53 Å². The lowest BCUT2D eigenvalue weighted by molar-refractivity contribution is -0.384. The highest BCUT2D eigenvalue weighted by Gasteiger charge is 2.11. The molecule has 0 aliphatic rings. The molecule has 2 rings (SSSR count). The van der Waals surface area contributed by atoms with Crippen molar-refractivity contribution in [1.82, 2.24) is 0 Å². The number of hydrogen-bond donors (Lipinski definition) is 0. The standard InChI is InChI=1S/C15H12N4O5/c1-2-23-15(20)13(17-18-16)9-12-7-8-14(24-12)10-3-5-11(6-4-10)19(21)22/h3-9H,2H2,1H3. The van der Waals surface area contributed by atoms with Crippen molar-refractivity contribution in [3.8, 4) is 11.3 Å². The molecule has 0 unspecified atom stereocenters. The van der Waals surface area contributed by atoms with Crippen LogP contribution in [0.25, 0.3) is 27.8 Å². The van der Waals surface area contributed by atoms with Gasteiger partial charge in [-0.1, -0.05) is 5.11 Å². The number of carbonyl (C=O) groups is 1. The molecule has 1 aromatic carbocycles. The summed E-state index contributed by atoms with van der Waals surface area (Å²) in [5.41, 5.74) is 8.87. The van der Waals surface area contributed by atoms with Gasteiger partial charge in [0.05, 0.1) is 11.5 Å². The van der Waals surface area contributed by atoms with Crippen LogP contribution in [0.1, 0.15) is 12.7 Å². The van der Waals surface area contributed by atoms with Gasteiger partial charge in [0.25, 0.3) is 5.69 Å². The number of nitro groups is 1. The van der Waals surface area contributed by atoms with Crippen LogP contribution in [-0.4, -0.2) is 17.5 Å². The van der Waals surface area contributed by atoms with Crippen LogP contribution in [0.4, 0.5) is 5.69 Å². The Morgan fingerprint density at radius 2 is 2.08 bits per heavy atom. The first kappa shape index (κ1) is 16.8. The summed E-state index contributed by atoms with van der Waals surface area (Å²) in [6.07, 6.45) is 1.26. The molecule has 0 fully saturated rings. The van der Waals surface area contributed by atoms with Gasteiger partial charge in [0.15, 0.2) is 0 Å². The first-order chi connectivity index (χ1) is 11.5. The summed E-state index contributed by atoms with van der Waals surface area (Å²) < 4.78 is 10.3. The van der Waals surface area contributed by atoms with Crippen LogP contribution >= 0.6 is 0 Å². The Morgan fingerprint density at radius 1 is 1.38 bits per heavy atom. The van der Waals surface area contributed by atoms with Gasteiger partial charge >= 0.3 is 5.97 Å². The maximum Gasteiger partial charge on any atom is 0.340 e. The highest BCUT2D eigenvalue weighted by molar-refractivity contribution is 5.92. The van der Waals surface area contributed by atoms with Gasteiger partial charge in [-0.15, -0.1) is 0 Å². The number of benzene rings is 1. The minimum atomic E-state index is -0.761. The second-order valence-electron chi connectivity index (χ2n) is 4.45. The van der Waals surface area contributed by atoms with Crippen LogP contribution in [0.15, 0.2) is 51.6 Å². The number of hydrogen-bond acceptors (Lipinski definition) is 6. The molecule has 1 heterocycles. The molecule has 122 valence electrons. The van der Waals surface area contributed by atoms with Crippen LogP contribution in [0.2, 0.25) is 0 Å². The van der Waals surface area contributed by atoms with E-state index in [9.17, 15) is 14.9 Å². The fourth-order valence-electron chi connectivity index (χ4n) is 1.85. The van der Waals surface area contributed by atoms with E-state index in [-0.39, 0.29) is 23.8 Å². The first-order valence-electron chi connectivity index (χ1n) is 6.83. The van der Waals surface area contributed by atoms with E-state index >= 15 is 0 Å². The van der Waals surface area contributed by atoms with Crippen molar-refractivity contribution in [2.45, 2.75) is 6.92 Å². The lowest BCUT2D eigenvalue weighted by Gasteiger charge is -2.00. The number of azide groups is 1. The summed E-state index contributed by atoms with van der Waals surface area (Å²) in [5, 5.41) is 13.9. The topological polar surface area (TPSA) is 131 Å². The number of nitrogens with zero attached hydrogens (tertiary/aromatic N) is 4. The van der Waals surface area contributed by atoms with Crippen molar-refractivity contribution in [3.63, 3.8) is 0 Å². The number of esters is 1. The highest BCUT2D eigenvalue weighted by Crippen LogP contribution is 2.25. The van der Waals surface area contributed by atoms with Crippen molar-refractivity contribution in [2.24, 2.45) is 5.11 Å². The Hall–Kier alpha value is -3.58. The fourth-order valence-corrected chi connectivity index (χ4v) is 1.85. The summed E-state index contributed by atoms with van der Waals surface area (Å²) in [6, 6.07) is 9.01. The number of non-ortho nitro benzene ring substituents is 1. The molecule has 24 heavy (non-hydrogen) atoms. The molecular formula is C15H12N4O5. The molecule has 0 spiro atoms. The predicted molar refractivity (Wildman–Crippen MR) is 84.6 cm³/mol. The maximum absolute atomic E-state index is 11.7. The summed E-state index contributed by atoms with van der Waals surface area (Å²) in [4.78, 5) is 24.4. The number of carbonyl (C=O) groups excluding carboxylic acids is 1. The number of furan rings is 1. The number of rotatable bonds is 6. The molecule has 0 atom stereocenters. The third-order valence-corrected chi connectivity index (χ3v) is 2.91. The molecule has 0 aliphatic heterocycles. The third-order valence-electron chi connectivity index (χ3n) is 2.91. The summed E-state index contributed by atoms with van der Waals surface area (Å²) in [7, 11) is 0. The molecule has 0 bridgehead atoms. The van der Waals surface area contributed by atoms with Crippen molar-refractivity contribution >= 4 is 17.7 Å². The second-order valence-corrected chi connectivity index (χ2v) is 4.45. The van der Waals surface area contributed by atoms with E-state index in [2.05, 4.69) is 10.0 Å². The van der Waals surface area contributed by atoms with Crippen molar-refractivity contribution in [1.29, 1.82) is 0 Å². The van der Waals surface area contributed by atoms with Gasteiger partial charge in [-0.25, -0.2) is 4.79 Å². The Kier molecular flexibility index (Phi) is 5.32. The summed E-state index contributed by atoms with van der Waals surface area (Å²) >= 11 is 0. The van der Waals surface area contributed by atoms with Gasteiger partial charge in [-0.3, -0.25) is 10.1 Å². The van der Waals surface area contributed by atoms with Crippen molar-refractivity contribution in [3.05, 3.63) is 68.4 Å². The minimum absolute atomic E-state index is 0.0293. The van der Waals surface area contributed by atoms with E-state index in [1.165, 1.54) is 18.2 Å². The van der Waals surface area contributed by atoms with Crippen molar-refractivity contribution < 1.29 is 18.9 Å². The van der Waals surface area contributed by atoms with Gasteiger partial charge in [0.2, 0.25) is 0 Å². The average Bonchev–Trinajstić information content (AvgIpc) is 3.03. The molecule has 0 radical (unpaired) electrons. The molecule has 0 saturated heterocycles. The Morgan fingerprint density at radius 3 is 2.67 bits per heavy atom. The van der Waals surface area contributed by atoms with E-state index in [1.807, 2.05) is 0 Å². The molecule has 2 aromatic rings. The second kappa shape index (κ2) is 7.61. The molecule has 9 heteroatoms. The van der Waals surface area contributed by atoms with E-state index in [1.54, 1.807) is 31.2 Å². The number of nitro benzene ring substituents is 1. The van der Waals surface area contributed by atoms with Gasteiger partial charge in [-0.05, 0) is 42.8 Å². The lowest BCUT2D eigenvalue weighted by Crippen LogP contribution is -2.05. The Bertz CT molecular complexity index is 832. The molecule has 9 nitrogen and oxygen atoms in total.